The molecule has 2 aromatic heterocycles. The predicted molar refractivity (Wildman–Crippen MR) is 189 cm³/mol. The number of thiophene rings is 1. The molecule has 0 aliphatic carbocycles. The van der Waals surface area contributed by atoms with Crippen molar-refractivity contribution in [3.8, 4) is 6.07 Å². The number of hydrogen-bond acceptors (Lipinski definition) is 7. The first kappa shape index (κ1) is 32.4. The molecule has 49 heavy (non-hydrogen) atoms. The van der Waals surface area contributed by atoms with Gasteiger partial charge in [-0.1, -0.05) is 30.3 Å². The van der Waals surface area contributed by atoms with E-state index >= 15 is 0 Å². The Bertz CT molecular complexity index is 2270. The number of benzene rings is 4. The molecule has 1 amide bonds. The van der Waals surface area contributed by atoms with Crippen molar-refractivity contribution < 1.29 is 17.6 Å². The summed E-state index contributed by atoms with van der Waals surface area (Å²) in [5.41, 5.74) is 3.36. The fraction of sp³-hybridized carbons (Fsp3) is 0.162. The number of imidazole rings is 1. The molecular weight excluding hydrogens is 660 g/mol. The number of anilines is 1. The lowest BCUT2D eigenvalue weighted by Gasteiger charge is -2.38. The van der Waals surface area contributed by atoms with Crippen LogP contribution in [0.15, 0.2) is 121 Å². The number of carbonyl (C=O) groups excluding carboxylic acids is 1. The number of sulfonamides is 1. The van der Waals surface area contributed by atoms with Crippen LogP contribution < -0.4 is 14.1 Å². The molecule has 7 rings (SSSR count). The SMILES string of the molecule is N#Cc1ccc(Cn2cncc2CN(c2ccc3sc(C(=O)[N+]4(c5ccc(F)cc5)CCNCC4)cc3c2)S(=O)(=O)c2ccccc2)cc1. The van der Waals surface area contributed by atoms with Crippen LogP contribution in [-0.2, 0) is 23.1 Å². The van der Waals surface area contributed by atoms with Gasteiger partial charge in [0.2, 0.25) is 0 Å². The van der Waals surface area contributed by atoms with Gasteiger partial charge in [0.25, 0.3) is 10.0 Å². The molecule has 0 spiro atoms. The summed E-state index contributed by atoms with van der Waals surface area (Å²) in [6.45, 7) is 2.80. The van der Waals surface area contributed by atoms with Crippen molar-refractivity contribution >= 4 is 48.7 Å². The summed E-state index contributed by atoms with van der Waals surface area (Å²) in [7, 11) is -4.02. The molecule has 0 saturated carbocycles. The van der Waals surface area contributed by atoms with Gasteiger partial charge >= 0.3 is 5.91 Å². The van der Waals surface area contributed by atoms with E-state index in [1.165, 1.54) is 27.8 Å². The molecule has 0 atom stereocenters. The normalized spacial score (nSPS) is 14.4. The van der Waals surface area contributed by atoms with Gasteiger partial charge in [0.1, 0.15) is 29.5 Å². The molecule has 4 aromatic carbocycles. The number of carbonyl (C=O) groups is 1. The molecule has 1 saturated heterocycles. The third-order valence-electron chi connectivity index (χ3n) is 8.92. The molecule has 1 aliphatic heterocycles. The maximum atomic E-state index is 14.3. The first-order valence-corrected chi connectivity index (χ1v) is 18.0. The van der Waals surface area contributed by atoms with Crippen molar-refractivity contribution in [3.63, 3.8) is 0 Å². The maximum Gasteiger partial charge on any atom is 0.361 e. The Balaban J connectivity index is 1.25. The summed E-state index contributed by atoms with van der Waals surface area (Å²) in [4.78, 5) is 19.3. The van der Waals surface area contributed by atoms with Gasteiger partial charge < -0.3 is 9.88 Å². The second-order valence-electron chi connectivity index (χ2n) is 11.9. The molecular formula is C37H32FN6O3S2+. The van der Waals surface area contributed by atoms with E-state index in [2.05, 4.69) is 16.4 Å². The Labute approximate surface area is 287 Å². The topological polar surface area (TPSA) is 108 Å². The zero-order valence-electron chi connectivity index (χ0n) is 26.4. The summed E-state index contributed by atoms with van der Waals surface area (Å²) in [5, 5.41) is 13.2. The molecule has 0 unspecified atom stereocenters. The number of nitrogens with zero attached hydrogens (tertiary/aromatic N) is 5. The number of nitriles is 1. The Morgan fingerprint density at radius 3 is 2.43 bits per heavy atom. The summed E-state index contributed by atoms with van der Waals surface area (Å²) in [6.07, 6.45) is 3.32. The van der Waals surface area contributed by atoms with Crippen LogP contribution in [0.2, 0.25) is 0 Å². The number of aromatic nitrogens is 2. The number of nitrogens with one attached hydrogen (secondary N) is 1. The van der Waals surface area contributed by atoms with Crippen molar-refractivity contribution in [2.45, 2.75) is 18.0 Å². The van der Waals surface area contributed by atoms with Crippen LogP contribution in [0.5, 0.6) is 0 Å². The number of hydrogen-bond donors (Lipinski definition) is 1. The third kappa shape index (κ3) is 6.37. The molecule has 0 radical (unpaired) electrons. The molecule has 3 heterocycles. The molecule has 1 aliphatic rings. The fourth-order valence-electron chi connectivity index (χ4n) is 6.27. The number of halogens is 1. The van der Waals surface area contributed by atoms with Crippen molar-refractivity contribution in [1.29, 1.82) is 5.26 Å². The van der Waals surface area contributed by atoms with Gasteiger partial charge in [0.15, 0.2) is 0 Å². The Morgan fingerprint density at radius 2 is 1.71 bits per heavy atom. The monoisotopic (exact) mass is 691 g/mol. The number of fused-ring (bicyclic) bond motifs is 1. The maximum absolute atomic E-state index is 14.3. The summed E-state index contributed by atoms with van der Waals surface area (Å²) in [6, 6.07) is 31.1. The molecule has 1 fully saturated rings. The largest absolute Gasteiger partial charge is 0.361 e. The number of rotatable bonds is 9. The van der Waals surface area contributed by atoms with E-state index in [9.17, 15) is 17.6 Å². The van der Waals surface area contributed by atoms with E-state index in [1.54, 1.807) is 73.2 Å². The van der Waals surface area contributed by atoms with Gasteiger partial charge in [0, 0.05) is 42.7 Å². The van der Waals surface area contributed by atoms with Gasteiger partial charge in [-0.05, 0) is 71.6 Å². The lowest BCUT2D eigenvalue weighted by Crippen LogP contribution is -2.63. The molecule has 246 valence electrons. The number of piperazine rings is 1. The third-order valence-corrected chi connectivity index (χ3v) is 11.8. The minimum Gasteiger partial charge on any atom is -0.328 e. The second kappa shape index (κ2) is 13.4. The van der Waals surface area contributed by atoms with Crippen LogP contribution in [0, 0.1) is 17.1 Å². The van der Waals surface area contributed by atoms with E-state index in [4.69, 9.17) is 5.26 Å². The lowest BCUT2D eigenvalue weighted by molar-refractivity contribution is 0.0748. The van der Waals surface area contributed by atoms with E-state index in [-0.39, 0.29) is 27.6 Å². The van der Waals surface area contributed by atoms with E-state index in [1.807, 2.05) is 34.9 Å². The van der Waals surface area contributed by atoms with Gasteiger partial charge in [-0.25, -0.2) is 27.1 Å². The van der Waals surface area contributed by atoms with Gasteiger partial charge in [0.05, 0.1) is 40.8 Å². The number of amides is 1. The Morgan fingerprint density at radius 1 is 0.980 bits per heavy atom. The van der Waals surface area contributed by atoms with Crippen LogP contribution in [0.4, 0.5) is 15.8 Å². The summed E-state index contributed by atoms with van der Waals surface area (Å²) < 4.78 is 46.5. The molecule has 0 bridgehead atoms. The second-order valence-corrected chi connectivity index (χ2v) is 14.9. The zero-order chi connectivity index (χ0) is 34.0. The minimum absolute atomic E-state index is 0.00645. The molecule has 12 heteroatoms. The number of quaternary nitrogens is 1. The van der Waals surface area contributed by atoms with Crippen LogP contribution in [0.1, 0.15) is 26.5 Å². The van der Waals surface area contributed by atoms with Gasteiger partial charge in [-0.3, -0.25) is 4.31 Å². The van der Waals surface area contributed by atoms with Crippen molar-refractivity contribution in [1.82, 2.24) is 19.4 Å². The highest BCUT2D eigenvalue weighted by Crippen LogP contribution is 2.36. The average Bonchev–Trinajstić information content (AvgIpc) is 3.77. The Kier molecular flexibility index (Phi) is 8.83. The Hall–Kier alpha value is -5.19. The molecule has 9 nitrogen and oxygen atoms in total. The van der Waals surface area contributed by atoms with Gasteiger partial charge in [-0.2, -0.15) is 5.26 Å². The first-order chi connectivity index (χ1) is 23.8. The van der Waals surface area contributed by atoms with Crippen LogP contribution >= 0.6 is 11.3 Å². The highest BCUT2D eigenvalue weighted by atomic mass is 32.2. The molecule has 6 aromatic rings. The smallest absolute Gasteiger partial charge is 0.328 e. The molecule has 1 N–H and O–H groups in total. The quantitative estimate of drug-likeness (QED) is 0.178. The van der Waals surface area contributed by atoms with E-state index < -0.39 is 10.0 Å². The minimum atomic E-state index is -4.02. The van der Waals surface area contributed by atoms with E-state index in [0.29, 0.717) is 54.5 Å². The highest BCUT2D eigenvalue weighted by molar-refractivity contribution is 7.92. The summed E-state index contributed by atoms with van der Waals surface area (Å²) >= 11 is 1.37. The highest BCUT2D eigenvalue weighted by Gasteiger charge is 2.42. The van der Waals surface area contributed by atoms with E-state index in [0.717, 1.165) is 21.3 Å². The standard InChI is InChI=1S/C37H32FN6O3S2/c38-30-10-13-33(14-11-30)44(18-16-40-17-19-44)37(45)36-21-29-20-31(12-15-35(29)48-36)43(49(46,47)34-4-2-1-3-5-34)25-32-23-41-26-42(32)24-28-8-6-27(22-39)7-9-28/h1-15,20-21,23,26,40H,16-19,24-25H2/q+1. The lowest BCUT2D eigenvalue weighted by atomic mass is 10.1. The van der Waals surface area contributed by atoms with Crippen molar-refractivity contribution in [3.05, 3.63) is 143 Å². The average molecular weight is 692 g/mol. The van der Waals surface area contributed by atoms with Gasteiger partial charge in [-0.15, -0.1) is 11.3 Å². The van der Waals surface area contributed by atoms with Crippen LogP contribution in [-0.4, -0.2) is 50.1 Å². The summed E-state index contributed by atoms with van der Waals surface area (Å²) in [5.74, 6) is -0.428. The van der Waals surface area contributed by atoms with Crippen molar-refractivity contribution in [2.75, 3.05) is 30.5 Å². The van der Waals surface area contributed by atoms with Crippen molar-refractivity contribution in [2.24, 2.45) is 0 Å². The first-order valence-electron chi connectivity index (χ1n) is 15.8. The fourth-order valence-corrected chi connectivity index (χ4v) is 8.77. The zero-order valence-corrected chi connectivity index (χ0v) is 28.0. The predicted octanol–water partition coefficient (Wildman–Crippen LogP) is 6.30. The van der Waals surface area contributed by atoms with Crippen LogP contribution in [0.3, 0.4) is 0 Å². The van der Waals surface area contributed by atoms with Crippen LogP contribution in [0.25, 0.3) is 10.1 Å².